The zero-order valence-electron chi connectivity index (χ0n) is 18.1. The molecule has 3 aromatic rings. The van der Waals surface area contributed by atoms with Crippen LogP contribution in [0.4, 0.5) is 10.1 Å². The van der Waals surface area contributed by atoms with Crippen LogP contribution in [0.2, 0.25) is 0 Å². The number of aryl methyl sites for hydroxylation is 2. The fourth-order valence-electron chi connectivity index (χ4n) is 4.10. The van der Waals surface area contributed by atoms with E-state index >= 15 is 0 Å². The number of rotatable bonds is 5. The number of halogens is 1. The molecular formula is C25H24FNO4S. The molecule has 1 heterocycles. The van der Waals surface area contributed by atoms with E-state index in [9.17, 15) is 17.6 Å². The predicted molar refractivity (Wildman–Crippen MR) is 121 cm³/mol. The topological polar surface area (TPSA) is 63.7 Å². The molecule has 0 bridgehead atoms. The number of fused-ring (bicyclic) bond motifs is 3. The Labute approximate surface area is 187 Å². The standard InChI is InChI=1S/C25H24FNO4S/c1-4-31-25(28)15-24-22-14-18(26)8-11-20(22)21-13-17(3)7-12-23(21)27(24)32(29,30)19-9-5-16(2)6-10-19/h5-14,24H,4,15H2,1-3H3. The van der Waals surface area contributed by atoms with Crippen LogP contribution >= 0.6 is 0 Å². The predicted octanol–water partition coefficient (Wildman–Crippen LogP) is 5.31. The van der Waals surface area contributed by atoms with Crippen LogP contribution in [-0.4, -0.2) is 21.0 Å². The molecule has 0 saturated carbocycles. The van der Waals surface area contributed by atoms with Gasteiger partial charge in [-0.2, -0.15) is 0 Å². The molecule has 0 N–H and O–H groups in total. The summed E-state index contributed by atoms with van der Waals surface area (Å²) in [6.07, 6.45) is -0.233. The van der Waals surface area contributed by atoms with Crippen molar-refractivity contribution >= 4 is 21.7 Å². The summed E-state index contributed by atoms with van der Waals surface area (Å²) >= 11 is 0. The van der Waals surface area contributed by atoms with E-state index in [1.54, 1.807) is 43.3 Å². The average Bonchev–Trinajstić information content (AvgIpc) is 2.74. The van der Waals surface area contributed by atoms with Crippen molar-refractivity contribution in [2.75, 3.05) is 10.9 Å². The van der Waals surface area contributed by atoms with E-state index in [0.29, 0.717) is 22.4 Å². The van der Waals surface area contributed by atoms with Crippen LogP contribution in [0.1, 0.15) is 36.1 Å². The normalized spacial score (nSPS) is 15.1. The van der Waals surface area contributed by atoms with Crippen molar-refractivity contribution in [1.29, 1.82) is 0 Å². The Hall–Kier alpha value is -3.19. The summed E-state index contributed by atoms with van der Waals surface area (Å²) in [7, 11) is -4.07. The lowest BCUT2D eigenvalue weighted by Crippen LogP contribution is -2.39. The summed E-state index contributed by atoms with van der Waals surface area (Å²) in [6.45, 7) is 5.64. The molecule has 4 rings (SSSR count). The van der Waals surface area contributed by atoms with Crippen LogP contribution in [0.15, 0.2) is 65.6 Å². The van der Waals surface area contributed by atoms with Crippen LogP contribution in [0.25, 0.3) is 11.1 Å². The highest BCUT2D eigenvalue weighted by atomic mass is 32.2. The summed E-state index contributed by atoms with van der Waals surface area (Å²) in [5, 5.41) is 0. The lowest BCUT2D eigenvalue weighted by atomic mass is 9.87. The maximum atomic E-state index is 14.3. The van der Waals surface area contributed by atoms with Crippen molar-refractivity contribution in [3.05, 3.63) is 83.2 Å². The quantitative estimate of drug-likeness (QED) is 0.491. The number of esters is 1. The smallest absolute Gasteiger partial charge is 0.308 e. The van der Waals surface area contributed by atoms with Crippen LogP contribution in [0.5, 0.6) is 0 Å². The van der Waals surface area contributed by atoms with Gasteiger partial charge >= 0.3 is 5.97 Å². The van der Waals surface area contributed by atoms with E-state index in [1.165, 1.54) is 16.4 Å². The van der Waals surface area contributed by atoms with Gasteiger partial charge in [0.1, 0.15) is 5.82 Å². The number of benzene rings is 3. The highest BCUT2D eigenvalue weighted by Gasteiger charge is 2.40. The summed E-state index contributed by atoms with van der Waals surface area (Å²) in [5.74, 6) is -1.05. The van der Waals surface area contributed by atoms with Gasteiger partial charge in [-0.3, -0.25) is 9.10 Å². The third-order valence-corrected chi connectivity index (χ3v) is 7.42. The summed E-state index contributed by atoms with van der Waals surface area (Å²) in [6, 6.07) is 15.3. The van der Waals surface area contributed by atoms with E-state index in [1.807, 2.05) is 26.0 Å². The zero-order valence-corrected chi connectivity index (χ0v) is 18.9. The first-order chi connectivity index (χ1) is 15.2. The van der Waals surface area contributed by atoms with E-state index < -0.39 is 27.9 Å². The number of sulfonamides is 1. The Morgan fingerprint density at radius 2 is 1.66 bits per heavy atom. The first-order valence-corrected chi connectivity index (χ1v) is 11.8. The number of carbonyl (C=O) groups excluding carboxylic acids is 1. The van der Waals surface area contributed by atoms with Crippen molar-refractivity contribution in [3.8, 4) is 11.1 Å². The number of anilines is 1. The van der Waals surface area contributed by atoms with E-state index in [0.717, 1.165) is 11.1 Å². The minimum atomic E-state index is -4.07. The molecule has 5 nitrogen and oxygen atoms in total. The number of hydrogen-bond donors (Lipinski definition) is 0. The third kappa shape index (κ3) is 3.88. The van der Waals surface area contributed by atoms with E-state index in [-0.39, 0.29) is 17.9 Å². The Morgan fingerprint density at radius 1 is 0.969 bits per heavy atom. The molecule has 0 amide bonds. The molecule has 1 aliphatic rings. The molecule has 166 valence electrons. The fourth-order valence-corrected chi connectivity index (χ4v) is 5.75. The van der Waals surface area contributed by atoms with Gasteiger partial charge in [0.15, 0.2) is 0 Å². The van der Waals surface area contributed by atoms with Crippen LogP contribution in [0.3, 0.4) is 0 Å². The van der Waals surface area contributed by atoms with Crippen molar-refractivity contribution in [2.45, 2.75) is 38.1 Å². The van der Waals surface area contributed by atoms with Crippen molar-refractivity contribution in [3.63, 3.8) is 0 Å². The lowest BCUT2D eigenvalue weighted by molar-refractivity contribution is -0.143. The van der Waals surface area contributed by atoms with Gasteiger partial charge in [0, 0.05) is 5.56 Å². The maximum Gasteiger partial charge on any atom is 0.308 e. The highest BCUT2D eigenvalue weighted by molar-refractivity contribution is 7.92. The first-order valence-electron chi connectivity index (χ1n) is 10.4. The average molecular weight is 454 g/mol. The second-order valence-electron chi connectivity index (χ2n) is 7.89. The molecular weight excluding hydrogens is 429 g/mol. The molecule has 0 aromatic heterocycles. The number of carbonyl (C=O) groups is 1. The molecule has 0 spiro atoms. The van der Waals surface area contributed by atoms with Gasteiger partial charge in [-0.15, -0.1) is 0 Å². The minimum Gasteiger partial charge on any atom is -0.466 e. The van der Waals surface area contributed by atoms with Gasteiger partial charge in [-0.05, 0) is 68.3 Å². The van der Waals surface area contributed by atoms with E-state index in [4.69, 9.17) is 4.74 Å². The molecule has 1 unspecified atom stereocenters. The molecule has 0 saturated heterocycles. The number of hydrogen-bond acceptors (Lipinski definition) is 4. The van der Waals surface area contributed by atoms with Crippen molar-refractivity contribution < 1.29 is 22.3 Å². The zero-order chi connectivity index (χ0) is 23.0. The molecule has 0 fully saturated rings. The second kappa shape index (κ2) is 8.39. The molecule has 1 atom stereocenters. The van der Waals surface area contributed by atoms with Crippen molar-refractivity contribution in [2.24, 2.45) is 0 Å². The maximum absolute atomic E-state index is 14.3. The minimum absolute atomic E-state index is 0.100. The number of ether oxygens (including phenoxy) is 1. The highest BCUT2D eigenvalue weighted by Crippen LogP contribution is 2.49. The monoisotopic (exact) mass is 453 g/mol. The van der Waals surface area contributed by atoms with Gasteiger partial charge in [0.05, 0.1) is 29.7 Å². The van der Waals surface area contributed by atoms with Crippen LogP contribution < -0.4 is 4.31 Å². The van der Waals surface area contributed by atoms with Gasteiger partial charge < -0.3 is 4.74 Å². The summed E-state index contributed by atoms with van der Waals surface area (Å²) < 4.78 is 48.4. The Balaban J connectivity index is 1.98. The van der Waals surface area contributed by atoms with E-state index in [2.05, 4.69) is 0 Å². The first kappa shape index (κ1) is 22.0. The van der Waals surface area contributed by atoms with Gasteiger partial charge in [-0.25, -0.2) is 12.8 Å². The lowest BCUT2D eigenvalue weighted by Gasteiger charge is -2.39. The molecule has 32 heavy (non-hydrogen) atoms. The Bertz CT molecular complexity index is 1290. The molecule has 7 heteroatoms. The summed E-state index contributed by atoms with van der Waals surface area (Å²) in [5.41, 5.74) is 4.13. The van der Waals surface area contributed by atoms with Crippen LogP contribution in [-0.2, 0) is 19.6 Å². The van der Waals surface area contributed by atoms with Gasteiger partial charge in [0.25, 0.3) is 10.0 Å². The van der Waals surface area contributed by atoms with Crippen LogP contribution in [0, 0.1) is 19.7 Å². The van der Waals surface area contributed by atoms with Gasteiger partial charge in [0.2, 0.25) is 0 Å². The molecule has 1 aliphatic heterocycles. The fraction of sp³-hybridized carbons (Fsp3) is 0.240. The third-order valence-electron chi connectivity index (χ3n) is 5.58. The van der Waals surface area contributed by atoms with Crippen molar-refractivity contribution in [1.82, 2.24) is 0 Å². The number of nitrogens with zero attached hydrogens (tertiary/aromatic N) is 1. The second-order valence-corrected chi connectivity index (χ2v) is 9.71. The largest absolute Gasteiger partial charge is 0.466 e. The molecule has 3 aromatic carbocycles. The molecule has 0 radical (unpaired) electrons. The Morgan fingerprint density at radius 3 is 2.34 bits per heavy atom. The summed E-state index contributed by atoms with van der Waals surface area (Å²) in [4.78, 5) is 12.6. The van der Waals surface area contributed by atoms with Gasteiger partial charge in [-0.1, -0.05) is 35.4 Å². The molecule has 0 aliphatic carbocycles. The Kier molecular flexibility index (Phi) is 5.77. The SMILES string of the molecule is CCOC(=O)CC1c2cc(F)ccc2-c2cc(C)ccc2N1S(=O)(=O)c1ccc(C)cc1.